The fourth-order valence-corrected chi connectivity index (χ4v) is 2.78. The van der Waals surface area contributed by atoms with Crippen molar-refractivity contribution in [3.05, 3.63) is 52.5 Å². The summed E-state index contributed by atoms with van der Waals surface area (Å²) in [6.45, 7) is 3.59. The molecule has 7 nitrogen and oxygen atoms in total. The number of halogens is 1. The lowest BCUT2D eigenvalue weighted by atomic mass is 10.0. The Kier molecular flexibility index (Phi) is 5.99. The number of rotatable bonds is 7. The highest BCUT2D eigenvalue weighted by atomic mass is 19.1. The summed E-state index contributed by atoms with van der Waals surface area (Å²) in [5, 5.41) is 8.64. The van der Waals surface area contributed by atoms with Gasteiger partial charge in [-0.15, -0.1) is 0 Å². The molecule has 0 spiro atoms. The van der Waals surface area contributed by atoms with Crippen molar-refractivity contribution in [1.29, 1.82) is 0 Å². The van der Waals surface area contributed by atoms with Gasteiger partial charge < -0.3 is 27.4 Å². The van der Waals surface area contributed by atoms with Crippen LogP contribution in [0.5, 0.6) is 0 Å². The molecule has 150 valence electrons. The Morgan fingerprint density at radius 2 is 1.96 bits per heavy atom. The molecule has 3 rings (SSSR count). The molecule has 1 aliphatic heterocycles. The fourth-order valence-electron chi connectivity index (χ4n) is 2.78. The Morgan fingerprint density at radius 3 is 2.57 bits per heavy atom. The van der Waals surface area contributed by atoms with E-state index in [2.05, 4.69) is 16.0 Å². The van der Waals surface area contributed by atoms with Crippen molar-refractivity contribution in [3.63, 3.8) is 0 Å². The van der Waals surface area contributed by atoms with Gasteiger partial charge in [0.05, 0.1) is 11.7 Å². The van der Waals surface area contributed by atoms with Crippen LogP contribution in [0.2, 0.25) is 0 Å². The van der Waals surface area contributed by atoms with E-state index in [-0.39, 0.29) is 34.8 Å². The highest BCUT2D eigenvalue weighted by Crippen LogP contribution is 2.27. The Balaban J connectivity index is 1.74. The molecule has 1 aromatic carbocycles. The van der Waals surface area contributed by atoms with E-state index in [9.17, 15) is 14.0 Å². The maximum absolute atomic E-state index is 14.3. The number of nitrogens with one attached hydrogen (secondary N) is 3. The number of carbonyl (C=O) groups excluding carboxylic acids is 2. The van der Waals surface area contributed by atoms with Crippen molar-refractivity contribution in [3.8, 4) is 0 Å². The van der Waals surface area contributed by atoms with Gasteiger partial charge in [0, 0.05) is 36.5 Å². The first kappa shape index (κ1) is 19.9. The summed E-state index contributed by atoms with van der Waals surface area (Å²) in [5.74, 6) is -0.687. The molecule has 0 bridgehead atoms. The fraction of sp³-hybridized carbons (Fsp3) is 0.400. The van der Waals surface area contributed by atoms with Gasteiger partial charge in [-0.05, 0) is 55.5 Å². The third-order valence-corrected chi connectivity index (χ3v) is 4.99. The number of nitrogens with two attached hydrogens (primary N) is 2. The first-order valence-electron chi connectivity index (χ1n) is 9.38. The van der Waals surface area contributed by atoms with Gasteiger partial charge in [0.1, 0.15) is 5.82 Å². The number of carbonyl (C=O) groups is 2. The first-order chi connectivity index (χ1) is 13.3. The van der Waals surface area contributed by atoms with E-state index in [1.165, 1.54) is 18.2 Å². The Hall–Kier alpha value is -2.87. The number of allylic oxidation sites excluding steroid dienone is 2. The van der Waals surface area contributed by atoms with Crippen LogP contribution in [0.15, 0.2) is 30.0 Å². The van der Waals surface area contributed by atoms with Gasteiger partial charge in [0.25, 0.3) is 11.8 Å². The van der Waals surface area contributed by atoms with Gasteiger partial charge in [-0.1, -0.05) is 0 Å². The summed E-state index contributed by atoms with van der Waals surface area (Å²) in [4.78, 5) is 24.3. The monoisotopic (exact) mass is 387 g/mol. The van der Waals surface area contributed by atoms with Crippen molar-refractivity contribution in [2.75, 3.05) is 19.6 Å². The molecule has 2 aliphatic rings. The summed E-state index contributed by atoms with van der Waals surface area (Å²) in [7, 11) is 0. The molecule has 7 N–H and O–H groups in total. The molecule has 28 heavy (non-hydrogen) atoms. The van der Waals surface area contributed by atoms with Crippen LogP contribution in [-0.4, -0.2) is 37.5 Å². The minimum atomic E-state index is -0.523. The molecule has 2 fully saturated rings. The summed E-state index contributed by atoms with van der Waals surface area (Å²) < 4.78 is 14.3. The van der Waals surface area contributed by atoms with Crippen molar-refractivity contribution in [2.24, 2.45) is 17.4 Å². The summed E-state index contributed by atoms with van der Waals surface area (Å²) >= 11 is 0. The van der Waals surface area contributed by atoms with Gasteiger partial charge in [-0.2, -0.15) is 0 Å². The zero-order valence-electron chi connectivity index (χ0n) is 15.8. The maximum atomic E-state index is 14.3. The van der Waals surface area contributed by atoms with E-state index in [0.29, 0.717) is 36.7 Å². The van der Waals surface area contributed by atoms with Crippen LogP contribution in [0.3, 0.4) is 0 Å². The van der Waals surface area contributed by atoms with E-state index >= 15 is 0 Å². The molecule has 0 aromatic heterocycles. The van der Waals surface area contributed by atoms with E-state index in [1.54, 1.807) is 13.0 Å². The molecule has 1 saturated heterocycles. The second-order valence-corrected chi connectivity index (χ2v) is 7.36. The molecular formula is C20H26FN5O2. The third kappa shape index (κ3) is 4.89. The largest absolute Gasteiger partial charge is 0.398 e. The zero-order valence-corrected chi connectivity index (χ0v) is 15.8. The Labute approximate surface area is 163 Å². The van der Waals surface area contributed by atoms with Crippen molar-refractivity contribution in [2.45, 2.75) is 25.8 Å². The quantitative estimate of drug-likeness (QED) is 0.345. The molecule has 0 atom stereocenters. The minimum Gasteiger partial charge on any atom is -0.398 e. The van der Waals surface area contributed by atoms with Gasteiger partial charge in [0.15, 0.2) is 0 Å². The smallest absolute Gasteiger partial charge is 0.267 e. The molecule has 1 aromatic rings. The molecule has 0 radical (unpaired) electrons. The van der Waals surface area contributed by atoms with Crippen LogP contribution in [0.25, 0.3) is 5.70 Å². The lowest BCUT2D eigenvalue weighted by Crippen LogP contribution is -2.56. The summed E-state index contributed by atoms with van der Waals surface area (Å²) in [6, 6.07) is 2.79. The van der Waals surface area contributed by atoms with Crippen LogP contribution in [0.1, 0.15) is 34.3 Å². The standard InChI is InChI=1S/C20H26FN5O2/c1-11-15(6-13(7-16(11)21)19(27)26-14-9-24-10-14)17(22)4-5-18(23)20(28)25-8-12-2-3-12/h4-7,12,14,24H,2-3,8-10,22-23H2,1H3,(H,25,28)(H,26,27)/b17-4-,18-5-. The normalized spacial score (nSPS) is 17.8. The molecule has 0 unspecified atom stereocenters. The average molecular weight is 387 g/mol. The van der Waals surface area contributed by atoms with Crippen molar-refractivity contribution < 1.29 is 14.0 Å². The predicted molar refractivity (Wildman–Crippen MR) is 105 cm³/mol. The topological polar surface area (TPSA) is 122 Å². The minimum absolute atomic E-state index is 0.0214. The second-order valence-electron chi connectivity index (χ2n) is 7.36. The average Bonchev–Trinajstić information content (AvgIpc) is 3.46. The van der Waals surface area contributed by atoms with Gasteiger partial charge >= 0.3 is 0 Å². The molecule has 1 saturated carbocycles. The van der Waals surface area contributed by atoms with Crippen LogP contribution in [0, 0.1) is 18.7 Å². The highest BCUT2D eigenvalue weighted by Gasteiger charge is 2.22. The first-order valence-corrected chi connectivity index (χ1v) is 9.38. The third-order valence-electron chi connectivity index (χ3n) is 4.99. The number of hydrogen-bond donors (Lipinski definition) is 5. The number of benzene rings is 1. The van der Waals surface area contributed by atoms with Gasteiger partial charge in [-0.3, -0.25) is 9.59 Å². The SMILES string of the molecule is Cc1c(F)cc(C(=O)NC2CNC2)cc1/C(N)=C/C=C(\N)C(=O)NCC1CC1. The van der Waals surface area contributed by atoms with E-state index in [4.69, 9.17) is 11.5 Å². The van der Waals surface area contributed by atoms with E-state index < -0.39 is 5.82 Å². The van der Waals surface area contributed by atoms with E-state index in [0.717, 1.165) is 12.8 Å². The zero-order chi connectivity index (χ0) is 20.3. The van der Waals surface area contributed by atoms with Crippen LogP contribution < -0.4 is 27.4 Å². The van der Waals surface area contributed by atoms with Gasteiger partial charge in [0.2, 0.25) is 0 Å². The van der Waals surface area contributed by atoms with Crippen LogP contribution in [-0.2, 0) is 4.79 Å². The highest BCUT2D eigenvalue weighted by molar-refractivity contribution is 5.96. The number of hydrogen-bond acceptors (Lipinski definition) is 5. The molecule has 2 amide bonds. The lowest BCUT2D eigenvalue weighted by Gasteiger charge is -2.28. The number of amides is 2. The molecule has 1 aliphatic carbocycles. The second kappa shape index (κ2) is 8.43. The Bertz CT molecular complexity index is 841. The molecule has 8 heteroatoms. The molecule has 1 heterocycles. The van der Waals surface area contributed by atoms with E-state index in [1.807, 2.05) is 0 Å². The lowest BCUT2D eigenvalue weighted by molar-refractivity contribution is -0.117. The van der Waals surface area contributed by atoms with Crippen LogP contribution >= 0.6 is 0 Å². The summed E-state index contributed by atoms with van der Waals surface area (Å²) in [6.07, 6.45) is 5.10. The predicted octanol–water partition coefficient (Wildman–Crippen LogP) is 0.504. The van der Waals surface area contributed by atoms with Gasteiger partial charge in [-0.25, -0.2) is 4.39 Å². The van der Waals surface area contributed by atoms with Crippen LogP contribution in [0.4, 0.5) is 4.39 Å². The van der Waals surface area contributed by atoms with Crippen molar-refractivity contribution >= 4 is 17.5 Å². The summed E-state index contributed by atoms with van der Waals surface area (Å²) in [5.41, 5.74) is 13.0. The maximum Gasteiger partial charge on any atom is 0.267 e. The Morgan fingerprint density at radius 1 is 1.25 bits per heavy atom. The molecular weight excluding hydrogens is 361 g/mol. The van der Waals surface area contributed by atoms with Crippen molar-refractivity contribution in [1.82, 2.24) is 16.0 Å².